The lowest BCUT2D eigenvalue weighted by molar-refractivity contribution is 0.418. The smallest absolute Gasteiger partial charge is 0.00663 e. The zero-order valence-electron chi connectivity index (χ0n) is 11.8. The number of hydrogen-bond donors (Lipinski definition) is 1. The molecule has 0 aromatic rings. The van der Waals surface area contributed by atoms with Crippen LogP contribution in [0.3, 0.4) is 0 Å². The van der Waals surface area contributed by atoms with Crippen molar-refractivity contribution in [3.8, 4) is 0 Å². The molecule has 0 aliphatic rings. The summed E-state index contributed by atoms with van der Waals surface area (Å²) in [6.45, 7) is 14.8. The molecule has 0 bridgehead atoms. The normalized spacial score (nSPS) is 10.9. The van der Waals surface area contributed by atoms with Crippen molar-refractivity contribution >= 4 is 0 Å². The van der Waals surface area contributed by atoms with Gasteiger partial charge in [0.1, 0.15) is 0 Å². The van der Waals surface area contributed by atoms with Crippen molar-refractivity contribution < 1.29 is 0 Å². The molecule has 0 aromatic carbocycles. The van der Waals surface area contributed by atoms with Crippen LogP contribution >= 0.6 is 0 Å². The summed E-state index contributed by atoms with van der Waals surface area (Å²) in [6.07, 6.45) is 3.91. The zero-order chi connectivity index (χ0) is 12.0. The van der Waals surface area contributed by atoms with Crippen molar-refractivity contribution in [3.63, 3.8) is 0 Å². The van der Waals surface area contributed by atoms with Gasteiger partial charge in [0.25, 0.3) is 0 Å². The molecule has 0 aliphatic carbocycles. The fourth-order valence-corrected chi connectivity index (χ4v) is 1.30. The summed E-state index contributed by atoms with van der Waals surface area (Å²) in [6, 6.07) is 0.741. The Hall–Kier alpha value is -0.0400. The second-order valence-electron chi connectivity index (χ2n) is 3.40. The van der Waals surface area contributed by atoms with E-state index >= 15 is 0 Å². The van der Waals surface area contributed by atoms with Gasteiger partial charge in [0, 0.05) is 6.04 Å². The highest BCUT2D eigenvalue weighted by Gasteiger charge is 2.05. The molecular formula is C13H33N. The Morgan fingerprint density at radius 1 is 1.00 bits per heavy atom. The molecule has 1 nitrogen and oxygen atoms in total. The van der Waals surface area contributed by atoms with Crippen LogP contribution in [0.1, 0.15) is 67.7 Å². The summed E-state index contributed by atoms with van der Waals surface area (Å²) in [5, 5.41) is 3.33. The number of nitrogens with one attached hydrogen (secondary N) is 1. The highest BCUT2D eigenvalue weighted by atomic mass is 14.9. The van der Waals surface area contributed by atoms with E-state index in [0.29, 0.717) is 0 Å². The fraction of sp³-hybridized carbons (Fsp3) is 1.00. The third-order valence-corrected chi connectivity index (χ3v) is 1.80. The van der Waals surface area contributed by atoms with Crippen LogP contribution in [0, 0.1) is 5.92 Å². The van der Waals surface area contributed by atoms with Crippen molar-refractivity contribution in [1.82, 2.24) is 5.32 Å². The molecule has 0 aliphatic heterocycles. The second-order valence-corrected chi connectivity index (χ2v) is 3.40. The molecule has 90 valence electrons. The molecule has 0 saturated carbocycles. The summed E-state index contributed by atoms with van der Waals surface area (Å²) in [7, 11) is 2.06. The summed E-state index contributed by atoms with van der Waals surface area (Å²) in [5.74, 6) is 0.823. The molecule has 1 atom stereocenters. The Balaban J connectivity index is -0.000000266. The van der Waals surface area contributed by atoms with Crippen LogP contribution in [0.2, 0.25) is 0 Å². The van der Waals surface area contributed by atoms with E-state index in [9.17, 15) is 0 Å². The maximum absolute atomic E-state index is 3.33. The van der Waals surface area contributed by atoms with Gasteiger partial charge < -0.3 is 5.32 Å². The summed E-state index contributed by atoms with van der Waals surface area (Å²) >= 11 is 0. The predicted molar refractivity (Wildman–Crippen MR) is 69.9 cm³/mol. The Morgan fingerprint density at radius 2 is 1.43 bits per heavy atom. The van der Waals surface area contributed by atoms with Crippen LogP contribution in [-0.4, -0.2) is 13.1 Å². The van der Waals surface area contributed by atoms with E-state index in [1.54, 1.807) is 0 Å². The number of hydrogen-bond acceptors (Lipinski definition) is 1. The zero-order valence-corrected chi connectivity index (χ0v) is 11.8. The minimum absolute atomic E-state index is 0.741. The molecule has 1 heteroatoms. The lowest BCUT2D eigenvalue weighted by atomic mass is 10.0. The standard InChI is InChI=1S/C9H21N.2C2H6/c1-5-6-9(10-4)7-8(2)3;2*1-2/h8-10H,5-7H2,1-4H3;2*1-2H3. The van der Waals surface area contributed by atoms with E-state index in [4.69, 9.17) is 0 Å². The highest BCUT2D eigenvalue weighted by molar-refractivity contribution is 4.64. The molecule has 0 spiro atoms. The van der Waals surface area contributed by atoms with Crippen LogP contribution < -0.4 is 5.32 Å². The van der Waals surface area contributed by atoms with Gasteiger partial charge in [-0.1, -0.05) is 54.9 Å². The SMILES string of the molecule is CC.CC.CCCC(CC(C)C)NC. The molecule has 0 radical (unpaired) electrons. The molecule has 1 N–H and O–H groups in total. The molecule has 0 amide bonds. The van der Waals surface area contributed by atoms with Crippen molar-refractivity contribution in [2.45, 2.75) is 73.8 Å². The topological polar surface area (TPSA) is 12.0 Å². The second kappa shape index (κ2) is 18.7. The molecule has 0 heterocycles. The van der Waals surface area contributed by atoms with E-state index in [1.807, 2.05) is 27.7 Å². The quantitative estimate of drug-likeness (QED) is 0.695. The summed E-state index contributed by atoms with van der Waals surface area (Å²) < 4.78 is 0. The van der Waals surface area contributed by atoms with E-state index < -0.39 is 0 Å². The van der Waals surface area contributed by atoms with Crippen LogP contribution in [0.4, 0.5) is 0 Å². The fourth-order valence-electron chi connectivity index (χ4n) is 1.30. The van der Waals surface area contributed by atoms with Crippen LogP contribution in [-0.2, 0) is 0 Å². The average molecular weight is 203 g/mol. The van der Waals surface area contributed by atoms with Crippen molar-refractivity contribution in [3.05, 3.63) is 0 Å². The van der Waals surface area contributed by atoms with Crippen molar-refractivity contribution in [2.24, 2.45) is 5.92 Å². The monoisotopic (exact) mass is 203 g/mol. The third-order valence-electron chi connectivity index (χ3n) is 1.80. The van der Waals surface area contributed by atoms with Crippen molar-refractivity contribution in [1.29, 1.82) is 0 Å². The van der Waals surface area contributed by atoms with Gasteiger partial charge in [0.2, 0.25) is 0 Å². The van der Waals surface area contributed by atoms with Gasteiger partial charge in [-0.15, -0.1) is 0 Å². The first-order valence-corrected chi connectivity index (χ1v) is 6.38. The van der Waals surface area contributed by atoms with Gasteiger partial charge in [-0.2, -0.15) is 0 Å². The Kier molecular flexibility index (Phi) is 26.1. The molecule has 0 saturated heterocycles. The molecule has 0 rings (SSSR count). The minimum atomic E-state index is 0.741. The van der Waals surface area contributed by atoms with Gasteiger partial charge in [-0.25, -0.2) is 0 Å². The molecule has 0 aromatic heterocycles. The lowest BCUT2D eigenvalue weighted by Gasteiger charge is -2.16. The summed E-state index contributed by atoms with van der Waals surface area (Å²) in [4.78, 5) is 0. The average Bonchev–Trinajstić information content (AvgIpc) is 2.22. The van der Waals surface area contributed by atoms with Gasteiger partial charge in [0.15, 0.2) is 0 Å². The van der Waals surface area contributed by atoms with Gasteiger partial charge >= 0.3 is 0 Å². The van der Waals surface area contributed by atoms with Gasteiger partial charge in [0.05, 0.1) is 0 Å². The van der Waals surface area contributed by atoms with E-state index in [0.717, 1.165) is 12.0 Å². The first-order chi connectivity index (χ1) is 6.70. The van der Waals surface area contributed by atoms with Gasteiger partial charge in [-0.3, -0.25) is 0 Å². The van der Waals surface area contributed by atoms with Crippen LogP contribution in [0.5, 0.6) is 0 Å². The van der Waals surface area contributed by atoms with Crippen molar-refractivity contribution in [2.75, 3.05) is 7.05 Å². The van der Waals surface area contributed by atoms with E-state index in [-0.39, 0.29) is 0 Å². The first-order valence-electron chi connectivity index (χ1n) is 6.38. The van der Waals surface area contributed by atoms with Gasteiger partial charge in [-0.05, 0) is 25.8 Å². The molecule has 0 fully saturated rings. The first kappa shape index (κ1) is 19.5. The maximum Gasteiger partial charge on any atom is 0.00663 e. The van der Waals surface area contributed by atoms with Crippen LogP contribution in [0.25, 0.3) is 0 Å². The number of rotatable bonds is 5. The Labute approximate surface area is 92.7 Å². The molecular weight excluding hydrogens is 170 g/mol. The molecule has 14 heavy (non-hydrogen) atoms. The van der Waals surface area contributed by atoms with E-state index in [2.05, 4.69) is 33.1 Å². The largest absolute Gasteiger partial charge is 0.317 e. The Morgan fingerprint density at radius 3 is 1.64 bits per heavy atom. The van der Waals surface area contributed by atoms with Crippen LogP contribution in [0.15, 0.2) is 0 Å². The summed E-state index contributed by atoms with van der Waals surface area (Å²) in [5.41, 5.74) is 0. The molecule has 1 unspecified atom stereocenters. The minimum Gasteiger partial charge on any atom is -0.317 e. The highest BCUT2D eigenvalue weighted by Crippen LogP contribution is 2.08. The third kappa shape index (κ3) is 17.9. The Bertz CT molecular complexity index is 69.6. The van der Waals surface area contributed by atoms with E-state index in [1.165, 1.54) is 19.3 Å². The predicted octanol–water partition coefficient (Wildman–Crippen LogP) is 4.47. The lowest BCUT2D eigenvalue weighted by Crippen LogP contribution is -2.26. The maximum atomic E-state index is 3.33.